The highest BCUT2D eigenvalue weighted by atomic mass is 16.5. The summed E-state index contributed by atoms with van der Waals surface area (Å²) in [4.78, 5) is 4.56. The first-order valence-corrected chi connectivity index (χ1v) is 7.07. The molecule has 1 aliphatic heterocycles. The maximum atomic E-state index is 5.76. The molecule has 1 aromatic rings. The van der Waals surface area contributed by atoms with E-state index < -0.39 is 0 Å². The summed E-state index contributed by atoms with van der Waals surface area (Å²) in [5, 5.41) is 3.61. The molecule has 18 heavy (non-hydrogen) atoms. The normalized spacial score (nSPS) is 21.1. The van der Waals surface area contributed by atoms with Crippen molar-refractivity contribution in [3.63, 3.8) is 0 Å². The molecule has 0 aromatic carbocycles. The van der Waals surface area contributed by atoms with Crippen molar-refractivity contribution in [2.75, 3.05) is 13.2 Å². The SMILES string of the molecule is CCCNC(CC1CCCO1)c1ncccc1C. The van der Waals surface area contributed by atoms with E-state index in [0.717, 1.165) is 26.0 Å². The largest absolute Gasteiger partial charge is 0.378 e. The average molecular weight is 248 g/mol. The fourth-order valence-corrected chi connectivity index (χ4v) is 2.57. The summed E-state index contributed by atoms with van der Waals surface area (Å²) in [6, 6.07) is 4.47. The molecule has 0 radical (unpaired) electrons. The Morgan fingerprint density at radius 1 is 1.56 bits per heavy atom. The molecule has 3 heteroatoms. The van der Waals surface area contributed by atoms with E-state index in [1.807, 2.05) is 12.3 Å². The summed E-state index contributed by atoms with van der Waals surface area (Å²) in [5.74, 6) is 0. The van der Waals surface area contributed by atoms with Gasteiger partial charge in [-0.25, -0.2) is 0 Å². The summed E-state index contributed by atoms with van der Waals surface area (Å²) in [7, 11) is 0. The third-order valence-electron chi connectivity index (χ3n) is 3.54. The van der Waals surface area contributed by atoms with Gasteiger partial charge in [0.1, 0.15) is 0 Å². The van der Waals surface area contributed by atoms with Crippen LogP contribution in [0.1, 0.15) is 49.9 Å². The fourth-order valence-electron chi connectivity index (χ4n) is 2.57. The van der Waals surface area contributed by atoms with Gasteiger partial charge in [0.25, 0.3) is 0 Å². The number of rotatable bonds is 6. The lowest BCUT2D eigenvalue weighted by molar-refractivity contribution is 0.0940. The number of ether oxygens (including phenoxy) is 1. The van der Waals surface area contributed by atoms with Gasteiger partial charge in [0.15, 0.2) is 0 Å². The van der Waals surface area contributed by atoms with Crippen LogP contribution in [0.2, 0.25) is 0 Å². The van der Waals surface area contributed by atoms with E-state index in [1.165, 1.54) is 24.1 Å². The van der Waals surface area contributed by atoms with Crippen LogP contribution in [0.5, 0.6) is 0 Å². The van der Waals surface area contributed by atoms with Crippen LogP contribution in [-0.4, -0.2) is 24.2 Å². The Balaban J connectivity index is 2.06. The van der Waals surface area contributed by atoms with Crippen molar-refractivity contribution in [1.29, 1.82) is 0 Å². The third-order valence-corrected chi connectivity index (χ3v) is 3.54. The molecule has 0 amide bonds. The van der Waals surface area contributed by atoms with E-state index in [0.29, 0.717) is 12.1 Å². The van der Waals surface area contributed by atoms with Gasteiger partial charge in [0.2, 0.25) is 0 Å². The molecule has 2 rings (SSSR count). The highest BCUT2D eigenvalue weighted by Crippen LogP contribution is 2.25. The van der Waals surface area contributed by atoms with Gasteiger partial charge in [0, 0.05) is 12.8 Å². The van der Waals surface area contributed by atoms with Crippen LogP contribution < -0.4 is 5.32 Å². The molecule has 1 fully saturated rings. The second-order valence-electron chi connectivity index (χ2n) is 5.08. The molecular formula is C15H24N2O. The standard InChI is InChI=1S/C15H24N2O/c1-3-8-16-14(11-13-7-5-10-18-13)15-12(2)6-4-9-17-15/h4,6,9,13-14,16H,3,5,7-8,10-11H2,1-2H3. The van der Waals surface area contributed by atoms with E-state index in [1.54, 1.807) is 0 Å². The lowest BCUT2D eigenvalue weighted by Gasteiger charge is -2.22. The molecule has 0 aliphatic carbocycles. The number of hydrogen-bond acceptors (Lipinski definition) is 3. The third kappa shape index (κ3) is 3.53. The van der Waals surface area contributed by atoms with Gasteiger partial charge in [-0.3, -0.25) is 4.98 Å². The van der Waals surface area contributed by atoms with E-state index in [-0.39, 0.29) is 0 Å². The maximum Gasteiger partial charge on any atom is 0.0603 e. The number of pyridine rings is 1. The zero-order chi connectivity index (χ0) is 12.8. The Morgan fingerprint density at radius 2 is 2.44 bits per heavy atom. The molecule has 100 valence electrons. The zero-order valence-electron chi connectivity index (χ0n) is 11.5. The molecule has 0 saturated carbocycles. The first-order valence-electron chi connectivity index (χ1n) is 7.07. The first kappa shape index (κ1) is 13.5. The Kier molecular flexibility index (Phi) is 5.14. The summed E-state index contributed by atoms with van der Waals surface area (Å²) >= 11 is 0. The minimum atomic E-state index is 0.328. The van der Waals surface area contributed by atoms with Crippen LogP contribution in [-0.2, 0) is 4.74 Å². The Labute approximate surface area is 110 Å². The fraction of sp³-hybridized carbons (Fsp3) is 0.667. The van der Waals surface area contributed by atoms with Gasteiger partial charge in [-0.05, 0) is 50.8 Å². The molecule has 2 heterocycles. The van der Waals surface area contributed by atoms with Crippen LogP contribution in [0, 0.1) is 6.92 Å². The van der Waals surface area contributed by atoms with Gasteiger partial charge in [0.05, 0.1) is 17.8 Å². The van der Waals surface area contributed by atoms with E-state index in [4.69, 9.17) is 4.74 Å². The van der Waals surface area contributed by atoms with Gasteiger partial charge in [-0.2, -0.15) is 0 Å². The number of aryl methyl sites for hydroxylation is 1. The van der Waals surface area contributed by atoms with Gasteiger partial charge in [-0.15, -0.1) is 0 Å². The van der Waals surface area contributed by atoms with Crippen molar-refractivity contribution in [2.24, 2.45) is 0 Å². The highest BCUT2D eigenvalue weighted by Gasteiger charge is 2.23. The van der Waals surface area contributed by atoms with Gasteiger partial charge in [-0.1, -0.05) is 13.0 Å². The summed E-state index contributed by atoms with van der Waals surface area (Å²) in [6.45, 7) is 6.29. The maximum absolute atomic E-state index is 5.76. The monoisotopic (exact) mass is 248 g/mol. The van der Waals surface area contributed by atoms with Crippen molar-refractivity contribution in [3.8, 4) is 0 Å². The van der Waals surface area contributed by atoms with E-state index in [9.17, 15) is 0 Å². The molecular weight excluding hydrogens is 224 g/mol. The van der Waals surface area contributed by atoms with Crippen molar-refractivity contribution in [2.45, 2.75) is 51.7 Å². The lowest BCUT2D eigenvalue weighted by atomic mass is 10.0. The zero-order valence-corrected chi connectivity index (χ0v) is 11.5. The van der Waals surface area contributed by atoms with Crippen LogP contribution >= 0.6 is 0 Å². The second kappa shape index (κ2) is 6.86. The molecule has 3 nitrogen and oxygen atoms in total. The van der Waals surface area contributed by atoms with Gasteiger partial charge >= 0.3 is 0 Å². The molecule has 1 N–H and O–H groups in total. The molecule has 0 spiro atoms. The van der Waals surface area contributed by atoms with Crippen molar-refractivity contribution >= 4 is 0 Å². The topological polar surface area (TPSA) is 34.1 Å². The number of hydrogen-bond donors (Lipinski definition) is 1. The molecule has 1 aliphatic rings. The quantitative estimate of drug-likeness (QED) is 0.840. The number of nitrogens with zero attached hydrogens (tertiary/aromatic N) is 1. The van der Waals surface area contributed by atoms with Crippen LogP contribution in [0.25, 0.3) is 0 Å². The summed E-state index contributed by atoms with van der Waals surface area (Å²) in [5.41, 5.74) is 2.45. The predicted molar refractivity (Wildman–Crippen MR) is 73.6 cm³/mol. The Hall–Kier alpha value is -0.930. The molecule has 0 bridgehead atoms. The summed E-state index contributed by atoms with van der Waals surface area (Å²) < 4.78 is 5.76. The second-order valence-corrected chi connectivity index (χ2v) is 5.08. The lowest BCUT2D eigenvalue weighted by Crippen LogP contribution is -2.27. The number of nitrogens with one attached hydrogen (secondary N) is 1. The summed E-state index contributed by atoms with van der Waals surface area (Å²) in [6.07, 6.45) is 6.87. The van der Waals surface area contributed by atoms with Crippen LogP contribution in [0.15, 0.2) is 18.3 Å². The Bertz CT molecular complexity index is 361. The minimum Gasteiger partial charge on any atom is -0.378 e. The van der Waals surface area contributed by atoms with E-state index >= 15 is 0 Å². The molecule has 2 atom stereocenters. The molecule has 2 unspecified atom stereocenters. The highest BCUT2D eigenvalue weighted by molar-refractivity contribution is 5.21. The minimum absolute atomic E-state index is 0.328. The van der Waals surface area contributed by atoms with E-state index in [2.05, 4.69) is 30.2 Å². The van der Waals surface area contributed by atoms with Crippen LogP contribution in [0.3, 0.4) is 0 Å². The van der Waals surface area contributed by atoms with Crippen molar-refractivity contribution < 1.29 is 4.74 Å². The van der Waals surface area contributed by atoms with Crippen LogP contribution in [0.4, 0.5) is 0 Å². The Morgan fingerprint density at radius 3 is 3.11 bits per heavy atom. The average Bonchev–Trinajstić information content (AvgIpc) is 2.88. The number of aromatic nitrogens is 1. The van der Waals surface area contributed by atoms with Crippen molar-refractivity contribution in [1.82, 2.24) is 10.3 Å². The first-order chi connectivity index (χ1) is 8.81. The van der Waals surface area contributed by atoms with Crippen molar-refractivity contribution in [3.05, 3.63) is 29.6 Å². The molecule has 1 saturated heterocycles. The molecule has 1 aromatic heterocycles. The smallest absolute Gasteiger partial charge is 0.0603 e. The van der Waals surface area contributed by atoms with Gasteiger partial charge < -0.3 is 10.1 Å². The predicted octanol–water partition coefficient (Wildman–Crippen LogP) is 3.00.